The minimum atomic E-state index is -0.0656. The van der Waals surface area contributed by atoms with Gasteiger partial charge in [-0.15, -0.1) is 0 Å². The molecule has 6 heteroatoms. The maximum Gasteiger partial charge on any atom is 0.276 e. The van der Waals surface area contributed by atoms with Crippen LogP contribution >= 0.6 is 0 Å². The van der Waals surface area contributed by atoms with Gasteiger partial charge in [0.25, 0.3) is 5.91 Å². The van der Waals surface area contributed by atoms with Gasteiger partial charge >= 0.3 is 0 Å². The normalized spacial score (nSPS) is 22.7. The van der Waals surface area contributed by atoms with Crippen LogP contribution in [0.25, 0.3) is 11.3 Å². The summed E-state index contributed by atoms with van der Waals surface area (Å²) >= 11 is 0. The fraction of sp³-hybridized carbons (Fsp3) is 0.444. The lowest BCUT2D eigenvalue weighted by Gasteiger charge is -2.34. The fourth-order valence-corrected chi connectivity index (χ4v) is 3.55. The van der Waals surface area contributed by atoms with E-state index in [1.807, 2.05) is 23.1 Å². The lowest BCUT2D eigenvalue weighted by atomic mass is 9.92. The van der Waals surface area contributed by atoms with Gasteiger partial charge in [-0.1, -0.05) is 19.0 Å². The lowest BCUT2D eigenvalue weighted by Crippen LogP contribution is -2.42. The number of likely N-dealkylation sites (tertiary alicyclic amines) is 1. The van der Waals surface area contributed by atoms with E-state index < -0.39 is 0 Å². The second kappa shape index (κ2) is 5.85. The van der Waals surface area contributed by atoms with Gasteiger partial charge in [-0.25, -0.2) is 0 Å². The molecule has 2 atom stereocenters. The van der Waals surface area contributed by atoms with Crippen LogP contribution in [0.15, 0.2) is 28.8 Å². The highest BCUT2D eigenvalue weighted by atomic mass is 16.7. The van der Waals surface area contributed by atoms with E-state index in [0.717, 1.165) is 25.1 Å². The van der Waals surface area contributed by atoms with Gasteiger partial charge < -0.3 is 18.9 Å². The maximum atomic E-state index is 12.7. The number of fused-ring (bicyclic) bond motifs is 1. The zero-order valence-corrected chi connectivity index (χ0v) is 13.8. The SMILES string of the molecule is CC1CC(C)CN(C(=O)c2cc(-c3ccc4c(c3)OCO4)on2)C1. The minimum Gasteiger partial charge on any atom is -0.454 e. The van der Waals surface area contributed by atoms with Crippen molar-refractivity contribution in [3.63, 3.8) is 0 Å². The fourth-order valence-electron chi connectivity index (χ4n) is 3.55. The molecule has 2 aliphatic rings. The van der Waals surface area contributed by atoms with Crippen LogP contribution in [0.2, 0.25) is 0 Å². The molecule has 0 saturated carbocycles. The molecular weight excluding hydrogens is 308 g/mol. The molecule has 2 aromatic rings. The molecule has 0 N–H and O–H groups in total. The van der Waals surface area contributed by atoms with Crippen molar-refractivity contribution in [2.24, 2.45) is 11.8 Å². The van der Waals surface area contributed by atoms with Crippen LogP contribution in [0.4, 0.5) is 0 Å². The van der Waals surface area contributed by atoms with Crippen molar-refractivity contribution in [1.82, 2.24) is 10.1 Å². The number of hydrogen-bond donors (Lipinski definition) is 0. The van der Waals surface area contributed by atoms with Crippen LogP contribution in [0.3, 0.4) is 0 Å². The van der Waals surface area contributed by atoms with Crippen molar-refractivity contribution < 1.29 is 18.8 Å². The quantitative estimate of drug-likeness (QED) is 0.847. The number of ether oxygens (including phenoxy) is 2. The number of aromatic nitrogens is 1. The molecule has 1 fully saturated rings. The Morgan fingerprint density at radius 2 is 1.88 bits per heavy atom. The number of nitrogens with zero attached hydrogens (tertiary/aromatic N) is 2. The van der Waals surface area contributed by atoms with E-state index in [4.69, 9.17) is 14.0 Å². The summed E-state index contributed by atoms with van der Waals surface area (Å²) in [5, 5.41) is 3.97. The van der Waals surface area contributed by atoms with Gasteiger partial charge in [-0.3, -0.25) is 4.79 Å². The first-order chi connectivity index (χ1) is 11.6. The summed E-state index contributed by atoms with van der Waals surface area (Å²) in [4.78, 5) is 14.6. The predicted molar refractivity (Wildman–Crippen MR) is 86.9 cm³/mol. The van der Waals surface area contributed by atoms with Crippen LogP contribution in [-0.4, -0.2) is 35.8 Å². The van der Waals surface area contributed by atoms with Gasteiger partial charge in [0.1, 0.15) is 0 Å². The van der Waals surface area contributed by atoms with E-state index in [9.17, 15) is 4.79 Å². The number of carbonyl (C=O) groups excluding carboxylic acids is 1. The standard InChI is InChI=1S/C18H20N2O4/c1-11-5-12(2)9-20(8-11)18(21)14-7-16(24-19-14)13-3-4-15-17(6-13)23-10-22-15/h3-4,6-7,11-12H,5,8-10H2,1-2H3. The summed E-state index contributed by atoms with van der Waals surface area (Å²) in [5.74, 6) is 2.90. The van der Waals surface area contributed by atoms with Crippen LogP contribution < -0.4 is 9.47 Å². The molecule has 24 heavy (non-hydrogen) atoms. The van der Waals surface area contributed by atoms with Crippen molar-refractivity contribution in [2.75, 3.05) is 19.9 Å². The Labute approximate surface area is 140 Å². The van der Waals surface area contributed by atoms with Gasteiger partial charge in [-0.05, 0) is 36.5 Å². The Hall–Kier alpha value is -2.50. The van der Waals surface area contributed by atoms with Crippen molar-refractivity contribution in [3.8, 4) is 22.8 Å². The Bertz CT molecular complexity index is 760. The summed E-state index contributed by atoms with van der Waals surface area (Å²) in [5.41, 5.74) is 1.16. The first-order valence-corrected chi connectivity index (χ1v) is 8.26. The average Bonchev–Trinajstić information content (AvgIpc) is 3.21. The van der Waals surface area contributed by atoms with E-state index in [1.165, 1.54) is 0 Å². The summed E-state index contributed by atoms with van der Waals surface area (Å²) in [6, 6.07) is 7.23. The highest BCUT2D eigenvalue weighted by molar-refractivity contribution is 5.93. The van der Waals surface area contributed by atoms with E-state index in [1.54, 1.807) is 6.07 Å². The summed E-state index contributed by atoms with van der Waals surface area (Å²) in [6.07, 6.45) is 1.16. The molecule has 1 amide bonds. The zero-order valence-electron chi connectivity index (χ0n) is 13.8. The smallest absolute Gasteiger partial charge is 0.276 e. The number of rotatable bonds is 2. The molecule has 0 spiro atoms. The van der Waals surface area contributed by atoms with Gasteiger partial charge in [0.2, 0.25) is 6.79 Å². The van der Waals surface area contributed by atoms with E-state index in [2.05, 4.69) is 19.0 Å². The first-order valence-electron chi connectivity index (χ1n) is 8.26. The van der Waals surface area contributed by atoms with Crippen LogP contribution in [0.5, 0.6) is 11.5 Å². The summed E-state index contributed by atoms with van der Waals surface area (Å²) < 4.78 is 16.1. The molecule has 0 bridgehead atoms. The molecule has 1 aromatic heterocycles. The third-order valence-electron chi connectivity index (χ3n) is 4.54. The third kappa shape index (κ3) is 2.72. The maximum absolute atomic E-state index is 12.7. The van der Waals surface area contributed by atoms with E-state index in [0.29, 0.717) is 34.8 Å². The molecule has 6 nitrogen and oxygen atoms in total. The first kappa shape index (κ1) is 15.1. The Morgan fingerprint density at radius 1 is 1.12 bits per heavy atom. The highest BCUT2D eigenvalue weighted by Gasteiger charge is 2.28. The van der Waals surface area contributed by atoms with E-state index in [-0.39, 0.29) is 12.7 Å². The van der Waals surface area contributed by atoms with E-state index >= 15 is 0 Å². The molecule has 0 aliphatic carbocycles. The summed E-state index contributed by atoms with van der Waals surface area (Å²) in [7, 11) is 0. The molecule has 3 heterocycles. The van der Waals surface area contributed by atoms with Gasteiger partial charge in [-0.2, -0.15) is 0 Å². The van der Waals surface area contributed by atoms with Crippen LogP contribution in [0.1, 0.15) is 30.8 Å². The van der Waals surface area contributed by atoms with Crippen molar-refractivity contribution in [3.05, 3.63) is 30.0 Å². The minimum absolute atomic E-state index is 0.0656. The lowest BCUT2D eigenvalue weighted by molar-refractivity contribution is 0.0613. The molecule has 126 valence electrons. The molecule has 4 rings (SSSR count). The zero-order chi connectivity index (χ0) is 16.7. The van der Waals surface area contributed by atoms with Crippen molar-refractivity contribution in [1.29, 1.82) is 0 Å². The third-order valence-corrected chi connectivity index (χ3v) is 4.54. The van der Waals surface area contributed by atoms with Crippen molar-refractivity contribution in [2.45, 2.75) is 20.3 Å². The predicted octanol–water partition coefficient (Wildman–Crippen LogP) is 3.19. The second-order valence-electron chi connectivity index (χ2n) is 6.80. The number of carbonyl (C=O) groups is 1. The second-order valence-corrected chi connectivity index (χ2v) is 6.80. The Kier molecular flexibility index (Phi) is 3.67. The van der Waals surface area contributed by atoms with Gasteiger partial charge in [0.15, 0.2) is 23.0 Å². The molecule has 2 aliphatic heterocycles. The number of benzene rings is 1. The molecule has 1 saturated heterocycles. The number of hydrogen-bond acceptors (Lipinski definition) is 5. The van der Waals surface area contributed by atoms with Crippen molar-refractivity contribution >= 4 is 5.91 Å². The number of amides is 1. The Balaban J connectivity index is 1.55. The molecule has 0 radical (unpaired) electrons. The average molecular weight is 328 g/mol. The number of piperidine rings is 1. The summed E-state index contributed by atoms with van der Waals surface area (Å²) in [6.45, 7) is 6.13. The Morgan fingerprint density at radius 3 is 2.67 bits per heavy atom. The van der Waals surface area contributed by atoms with Crippen LogP contribution in [-0.2, 0) is 0 Å². The molecular formula is C18H20N2O4. The van der Waals surface area contributed by atoms with Gasteiger partial charge in [0, 0.05) is 24.7 Å². The largest absolute Gasteiger partial charge is 0.454 e. The van der Waals surface area contributed by atoms with Crippen LogP contribution in [0, 0.1) is 11.8 Å². The molecule has 2 unspecified atom stereocenters. The van der Waals surface area contributed by atoms with Gasteiger partial charge in [0.05, 0.1) is 0 Å². The topological polar surface area (TPSA) is 64.8 Å². The monoisotopic (exact) mass is 328 g/mol. The highest BCUT2D eigenvalue weighted by Crippen LogP contribution is 2.36. The molecule has 1 aromatic carbocycles.